The average Bonchev–Trinajstić information content (AvgIpc) is 3.39. The lowest BCUT2D eigenvalue weighted by Gasteiger charge is -2.22. The van der Waals surface area contributed by atoms with Gasteiger partial charge in [-0.25, -0.2) is 4.98 Å². The molecule has 1 fully saturated rings. The van der Waals surface area contributed by atoms with Crippen molar-refractivity contribution in [2.75, 3.05) is 7.11 Å². The molecule has 0 spiro atoms. The Morgan fingerprint density at radius 2 is 2.00 bits per heavy atom. The van der Waals surface area contributed by atoms with E-state index in [1.807, 2.05) is 41.3 Å². The molecule has 1 aromatic carbocycles. The maximum atomic E-state index is 12.9. The highest BCUT2D eigenvalue weighted by Crippen LogP contribution is 2.33. The zero-order chi connectivity index (χ0) is 20.2. The third-order valence-electron chi connectivity index (χ3n) is 5.87. The van der Waals surface area contributed by atoms with Gasteiger partial charge in [0.05, 0.1) is 24.9 Å². The molecule has 152 valence electrons. The lowest BCUT2D eigenvalue weighted by atomic mass is 10.1. The summed E-state index contributed by atoms with van der Waals surface area (Å²) in [6, 6.07) is 12.1. The lowest BCUT2D eigenvalue weighted by molar-refractivity contribution is -0.121. The fourth-order valence-electron chi connectivity index (χ4n) is 4.27. The number of ether oxygens (including phenoxy) is 1. The van der Waals surface area contributed by atoms with Gasteiger partial charge < -0.3 is 15.0 Å². The number of pyridine rings is 1. The third kappa shape index (κ3) is 4.26. The van der Waals surface area contributed by atoms with Crippen molar-refractivity contribution >= 4 is 11.8 Å². The minimum atomic E-state index is -0.0321. The molecule has 2 aromatic rings. The maximum absolute atomic E-state index is 12.9. The Bertz CT molecular complexity index is 892. The van der Waals surface area contributed by atoms with Crippen LogP contribution in [0, 0.1) is 0 Å². The van der Waals surface area contributed by atoms with Crippen molar-refractivity contribution in [3.8, 4) is 5.88 Å². The molecule has 0 bridgehead atoms. The molecule has 0 atom stereocenters. The van der Waals surface area contributed by atoms with Crippen molar-refractivity contribution < 1.29 is 14.3 Å². The van der Waals surface area contributed by atoms with E-state index in [1.54, 1.807) is 7.11 Å². The van der Waals surface area contributed by atoms with Gasteiger partial charge in [0, 0.05) is 24.6 Å². The fraction of sp³-hybridized carbons (Fsp3) is 0.435. The molecule has 2 amide bonds. The fourth-order valence-corrected chi connectivity index (χ4v) is 4.27. The third-order valence-corrected chi connectivity index (χ3v) is 5.87. The number of aryl methyl sites for hydroxylation is 1. The van der Waals surface area contributed by atoms with Gasteiger partial charge in [0.2, 0.25) is 11.8 Å². The van der Waals surface area contributed by atoms with Crippen molar-refractivity contribution in [3.05, 3.63) is 58.8 Å². The number of rotatable bonds is 7. The van der Waals surface area contributed by atoms with Crippen molar-refractivity contribution in [1.29, 1.82) is 0 Å². The smallest absolute Gasteiger partial charge is 0.256 e. The second-order valence-electron chi connectivity index (χ2n) is 7.78. The minimum absolute atomic E-state index is 0.0321. The summed E-state index contributed by atoms with van der Waals surface area (Å²) in [5, 5.41) is 2.93. The number of methoxy groups -OCH3 is 1. The second-order valence-corrected chi connectivity index (χ2v) is 7.78. The van der Waals surface area contributed by atoms with E-state index in [0.29, 0.717) is 43.4 Å². The number of amides is 2. The standard InChI is InChI=1S/C23H27N3O3/c1-29-22-17(14-24-21(27)12-11-16-7-3-2-4-8-16)13-19-20(25-22)15-26(23(19)28)18-9-5-6-10-18/h2-4,7-8,13,18H,5-6,9-12,14-15H2,1H3,(H,24,27). The highest BCUT2D eigenvalue weighted by molar-refractivity contribution is 5.98. The van der Waals surface area contributed by atoms with E-state index in [4.69, 9.17) is 4.74 Å². The Balaban J connectivity index is 1.40. The summed E-state index contributed by atoms with van der Waals surface area (Å²) in [5.41, 5.74) is 3.29. The SMILES string of the molecule is COc1nc2c(cc1CNC(=O)CCc1ccccc1)C(=O)N(C1CCCC1)C2. The van der Waals surface area contributed by atoms with Crippen molar-refractivity contribution in [2.24, 2.45) is 0 Å². The monoisotopic (exact) mass is 393 g/mol. The molecule has 1 aliphatic heterocycles. The number of hydrogen-bond donors (Lipinski definition) is 1. The number of fused-ring (bicyclic) bond motifs is 1. The number of aromatic nitrogens is 1. The topological polar surface area (TPSA) is 71.5 Å². The number of carbonyl (C=O) groups is 2. The maximum Gasteiger partial charge on any atom is 0.256 e. The van der Waals surface area contributed by atoms with Crippen LogP contribution in [0.1, 0.15) is 59.3 Å². The first-order valence-corrected chi connectivity index (χ1v) is 10.3. The largest absolute Gasteiger partial charge is 0.481 e. The van der Waals surface area contributed by atoms with E-state index >= 15 is 0 Å². The Morgan fingerprint density at radius 1 is 1.24 bits per heavy atom. The molecule has 6 nitrogen and oxygen atoms in total. The summed E-state index contributed by atoms with van der Waals surface area (Å²) in [5.74, 6) is 0.502. The second kappa shape index (κ2) is 8.64. The van der Waals surface area contributed by atoms with Gasteiger partial charge in [-0.3, -0.25) is 9.59 Å². The van der Waals surface area contributed by atoms with Gasteiger partial charge >= 0.3 is 0 Å². The Morgan fingerprint density at radius 3 is 2.72 bits per heavy atom. The molecule has 0 saturated heterocycles. The zero-order valence-corrected chi connectivity index (χ0v) is 16.8. The molecule has 6 heteroatoms. The van der Waals surface area contributed by atoms with Crippen molar-refractivity contribution in [3.63, 3.8) is 0 Å². The first-order valence-electron chi connectivity index (χ1n) is 10.3. The molecule has 1 N–H and O–H groups in total. The molecule has 0 unspecified atom stereocenters. The summed E-state index contributed by atoms with van der Waals surface area (Å²) in [7, 11) is 1.57. The van der Waals surface area contributed by atoms with E-state index in [0.717, 1.165) is 29.7 Å². The molecule has 1 aromatic heterocycles. The van der Waals surface area contributed by atoms with E-state index in [-0.39, 0.29) is 11.8 Å². The number of carbonyl (C=O) groups excluding carboxylic acids is 2. The van der Waals surface area contributed by atoms with E-state index in [9.17, 15) is 9.59 Å². The quantitative estimate of drug-likeness (QED) is 0.784. The summed E-state index contributed by atoms with van der Waals surface area (Å²) in [6.07, 6.45) is 5.62. The van der Waals surface area contributed by atoms with Crippen LogP contribution in [0.4, 0.5) is 0 Å². The molecular formula is C23H27N3O3. The zero-order valence-electron chi connectivity index (χ0n) is 16.8. The average molecular weight is 393 g/mol. The van der Waals surface area contributed by atoms with Gasteiger partial charge in [0.15, 0.2) is 0 Å². The summed E-state index contributed by atoms with van der Waals surface area (Å²) in [6.45, 7) is 0.854. The molecule has 2 heterocycles. The van der Waals surface area contributed by atoms with E-state index < -0.39 is 0 Å². The van der Waals surface area contributed by atoms with Gasteiger partial charge in [-0.15, -0.1) is 0 Å². The first kappa shape index (κ1) is 19.4. The Kier molecular flexibility index (Phi) is 5.79. The van der Waals surface area contributed by atoms with E-state index in [2.05, 4.69) is 10.3 Å². The van der Waals surface area contributed by atoms with Gasteiger partial charge in [-0.05, 0) is 30.9 Å². The van der Waals surface area contributed by atoms with Crippen molar-refractivity contribution in [2.45, 2.75) is 57.7 Å². The molecule has 4 rings (SSSR count). The Hall–Kier alpha value is -2.89. The predicted molar refractivity (Wildman–Crippen MR) is 110 cm³/mol. The highest BCUT2D eigenvalue weighted by atomic mass is 16.5. The van der Waals surface area contributed by atoms with Crippen LogP contribution in [0.5, 0.6) is 5.88 Å². The summed E-state index contributed by atoms with van der Waals surface area (Å²) in [4.78, 5) is 31.7. The van der Waals surface area contributed by atoms with Crippen LogP contribution in [0.2, 0.25) is 0 Å². The molecule has 0 radical (unpaired) electrons. The normalized spacial score (nSPS) is 16.2. The van der Waals surface area contributed by atoms with Gasteiger partial charge in [0.1, 0.15) is 0 Å². The van der Waals surface area contributed by atoms with Crippen LogP contribution >= 0.6 is 0 Å². The molecule has 29 heavy (non-hydrogen) atoms. The van der Waals surface area contributed by atoms with Crippen LogP contribution in [-0.2, 0) is 24.3 Å². The molecule has 1 aliphatic carbocycles. The molecule has 2 aliphatic rings. The van der Waals surface area contributed by atoms with Crippen LogP contribution in [-0.4, -0.2) is 34.8 Å². The van der Waals surface area contributed by atoms with Gasteiger partial charge in [0.25, 0.3) is 5.91 Å². The predicted octanol–water partition coefficient (Wildman–Crippen LogP) is 3.24. The Labute approximate surface area is 171 Å². The molecular weight excluding hydrogens is 366 g/mol. The van der Waals surface area contributed by atoms with Crippen LogP contribution in [0.15, 0.2) is 36.4 Å². The van der Waals surface area contributed by atoms with Gasteiger partial charge in [-0.2, -0.15) is 0 Å². The van der Waals surface area contributed by atoms with Crippen LogP contribution in [0.3, 0.4) is 0 Å². The summed E-state index contributed by atoms with van der Waals surface area (Å²) < 4.78 is 5.44. The minimum Gasteiger partial charge on any atom is -0.481 e. The van der Waals surface area contributed by atoms with Crippen LogP contribution < -0.4 is 10.1 Å². The van der Waals surface area contributed by atoms with E-state index in [1.165, 1.54) is 12.8 Å². The lowest BCUT2D eigenvalue weighted by Crippen LogP contribution is -2.33. The van der Waals surface area contributed by atoms with Gasteiger partial charge in [-0.1, -0.05) is 43.2 Å². The molecule has 1 saturated carbocycles. The first-order chi connectivity index (χ1) is 14.2. The number of hydrogen-bond acceptors (Lipinski definition) is 4. The van der Waals surface area contributed by atoms with Crippen molar-refractivity contribution in [1.82, 2.24) is 15.2 Å². The number of nitrogens with one attached hydrogen (secondary N) is 1. The highest BCUT2D eigenvalue weighted by Gasteiger charge is 2.35. The number of nitrogens with zero attached hydrogens (tertiary/aromatic N) is 2. The summed E-state index contributed by atoms with van der Waals surface area (Å²) >= 11 is 0. The van der Waals surface area contributed by atoms with Crippen LogP contribution in [0.25, 0.3) is 0 Å². The number of benzene rings is 1.